The van der Waals surface area contributed by atoms with E-state index >= 15 is 0 Å². The zero-order valence-corrected chi connectivity index (χ0v) is 17.6. The molecule has 0 spiro atoms. The summed E-state index contributed by atoms with van der Waals surface area (Å²) in [5.74, 6) is 5.11. The van der Waals surface area contributed by atoms with Crippen molar-refractivity contribution in [2.24, 2.45) is 23.7 Å². The summed E-state index contributed by atoms with van der Waals surface area (Å²) < 4.78 is 0. The molecule has 1 aliphatic rings. The molecule has 2 atom stereocenters. The first-order valence-electron chi connectivity index (χ1n) is 10.3. The molecule has 0 amide bonds. The third kappa shape index (κ3) is 6.26. The predicted molar refractivity (Wildman–Crippen MR) is 110 cm³/mol. The van der Waals surface area contributed by atoms with E-state index in [-0.39, 0.29) is 0 Å². The molecule has 0 heteroatoms. The van der Waals surface area contributed by atoms with E-state index in [4.69, 9.17) is 0 Å². The van der Waals surface area contributed by atoms with E-state index in [0.717, 1.165) is 23.7 Å². The minimum atomic E-state index is 0.642. The predicted octanol–water partition coefficient (Wildman–Crippen LogP) is 8.04. The fourth-order valence-corrected chi connectivity index (χ4v) is 4.41. The summed E-state index contributed by atoms with van der Waals surface area (Å²) in [6.45, 7) is 18.6. The molecule has 0 aliphatic heterocycles. The molecule has 24 heavy (non-hydrogen) atoms. The summed E-state index contributed by atoms with van der Waals surface area (Å²) in [7, 11) is 0. The van der Waals surface area contributed by atoms with Gasteiger partial charge in [0.25, 0.3) is 0 Å². The summed E-state index contributed by atoms with van der Waals surface area (Å²) in [6, 6.07) is 8.72. The number of benzene rings is 1. The fourth-order valence-electron chi connectivity index (χ4n) is 4.41. The molecule has 1 aromatic carbocycles. The van der Waals surface area contributed by atoms with E-state index in [2.05, 4.69) is 79.7 Å². The first-order chi connectivity index (χ1) is 11.3. The van der Waals surface area contributed by atoms with Crippen LogP contribution in [0.3, 0.4) is 0 Å². The molecule has 1 fully saturated rings. The van der Waals surface area contributed by atoms with Crippen molar-refractivity contribution >= 4 is 0 Å². The molecule has 1 aromatic rings. The van der Waals surface area contributed by atoms with E-state index < -0.39 is 0 Å². The lowest BCUT2D eigenvalue weighted by Crippen LogP contribution is -2.27. The SMILES string of the molecule is CC(C)C1CCCCC1C(C)C.CC(C)c1ccccc1C(C)C. The number of hydrogen-bond acceptors (Lipinski definition) is 0. The van der Waals surface area contributed by atoms with E-state index in [0.29, 0.717) is 11.8 Å². The van der Waals surface area contributed by atoms with Crippen LogP contribution >= 0.6 is 0 Å². The normalized spacial score (nSPS) is 21.3. The lowest BCUT2D eigenvalue weighted by molar-refractivity contribution is 0.136. The van der Waals surface area contributed by atoms with Crippen LogP contribution in [-0.2, 0) is 0 Å². The van der Waals surface area contributed by atoms with Crippen LogP contribution in [0.1, 0.15) is 104 Å². The third-order valence-electron chi connectivity index (χ3n) is 5.83. The zero-order valence-electron chi connectivity index (χ0n) is 17.6. The lowest BCUT2D eigenvalue weighted by Gasteiger charge is -2.37. The molecule has 0 radical (unpaired) electrons. The Bertz CT molecular complexity index is 410. The molecule has 2 rings (SSSR count). The van der Waals surface area contributed by atoms with Gasteiger partial charge in [0.1, 0.15) is 0 Å². The van der Waals surface area contributed by atoms with Gasteiger partial charge in [0, 0.05) is 0 Å². The van der Waals surface area contributed by atoms with Crippen LogP contribution in [0.5, 0.6) is 0 Å². The average Bonchev–Trinajstić information content (AvgIpc) is 2.55. The van der Waals surface area contributed by atoms with Crippen molar-refractivity contribution in [3.8, 4) is 0 Å². The second kappa shape index (κ2) is 10.3. The van der Waals surface area contributed by atoms with Crippen molar-refractivity contribution in [2.75, 3.05) is 0 Å². The van der Waals surface area contributed by atoms with Crippen LogP contribution in [0, 0.1) is 23.7 Å². The van der Waals surface area contributed by atoms with E-state index in [1.54, 1.807) is 0 Å². The van der Waals surface area contributed by atoms with Crippen LogP contribution in [0.4, 0.5) is 0 Å². The van der Waals surface area contributed by atoms with Gasteiger partial charge < -0.3 is 0 Å². The molecule has 0 aromatic heterocycles. The standard InChI is InChI=1S/C12H24.C12H18/c2*1-9(2)11-7-5-6-8-12(11)10(3)4/h9-12H,5-8H2,1-4H3;5-10H,1-4H3. The highest BCUT2D eigenvalue weighted by Crippen LogP contribution is 2.39. The first-order valence-corrected chi connectivity index (χ1v) is 10.3. The Morgan fingerprint density at radius 1 is 0.625 bits per heavy atom. The minimum Gasteiger partial charge on any atom is -0.0625 e. The highest BCUT2D eigenvalue weighted by atomic mass is 14.3. The fraction of sp³-hybridized carbons (Fsp3) is 0.750. The molecular weight excluding hydrogens is 288 g/mol. The van der Waals surface area contributed by atoms with Crippen LogP contribution in [0.2, 0.25) is 0 Å². The number of hydrogen-bond donors (Lipinski definition) is 0. The van der Waals surface area contributed by atoms with E-state index in [1.807, 2.05) is 0 Å². The highest BCUT2D eigenvalue weighted by Gasteiger charge is 2.29. The van der Waals surface area contributed by atoms with Crippen LogP contribution in [0.15, 0.2) is 24.3 Å². The Kier molecular flexibility index (Phi) is 9.09. The first kappa shape index (κ1) is 21.3. The second-order valence-electron chi connectivity index (χ2n) is 9.04. The molecule has 138 valence electrons. The molecule has 1 saturated carbocycles. The van der Waals surface area contributed by atoms with Crippen molar-refractivity contribution in [3.05, 3.63) is 35.4 Å². The molecule has 0 nitrogen and oxygen atoms in total. The molecule has 1 aliphatic carbocycles. The Morgan fingerprint density at radius 3 is 1.21 bits per heavy atom. The van der Waals surface area contributed by atoms with Crippen LogP contribution in [-0.4, -0.2) is 0 Å². The van der Waals surface area contributed by atoms with Crippen LogP contribution in [0.25, 0.3) is 0 Å². The molecule has 2 unspecified atom stereocenters. The van der Waals surface area contributed by atoms with Gasteiger partial charge in [0.15, 0.2) is 0 Å². The van der Waals surface area contributed by atoms with Crippen LogP contribution < -0.4 is 0 Å². The Labute approximate surface area is 152 Å². The second-order valence-corrected chi connectivity index (χ2v) is 9.04. The van der Waals surface area contributed by atoms with E-state index in [1.165, 1.54) is 36.8 Å². The van der Waals surface area contributed by atoms with Crippen molar-refractivity contribution in [1.29, 1.82) is 0 Å². The van der Waals surface area contributed by atoms with Crippen molar-refractivity contribution in [2.45, 2.75) is 92.9 Å². The van der Waals surface area contributed by atoms with Gasteiger partial charge in [-0.15, -0.1) is 0 Å². The lowest BCUT2D eigenvalue weighted by atomic mass is 9.69. The Morgan fingerprint density at radius 2 is 0.958 bits per heavy atom. The monoisotopic (exact) mass is 330 g/mol. The van der Waals surface area contributed by atoms with Gasteiger partial charge in [-0.3, -0.25) is 0 Å². The highest BCUT2D eigenvalue weighted by molar-refractivity contribution is 5.31. The van der Waals surface area contributed by atoms with Gasteiger partial charge in [-0.2, -0.15) is 0 Å². The van der Waals surface area contributed by atoms with E-state index in [9.17, 15) is 0 Å². The molecule has 0 heterocycles. The largest absolute Gasteiger partial charge is 0.0625 e. The molecule has 0 N–H and O–H groups in total. The topological polar surface area (TPSA) is 0 Å². The summed E-state index contributed by atoms with van der Waals surface area (Å²) in [5, 5.41) is 0. The quantitative estimate of drug-likeness (QED) is 0.524. The zero-order chi connectivity index (χ0) is 18.3. The maximum Gasteiger partial charge on any atom is -0.0216 e. The van der Waals surface area contributed by atoms with Crippen molar-refractivity contribution in [1.82, 2.24) is 0 Å². The van der Waals surface area contributed by atoms with Crippen molar-refractivity contribution < 1.29 is 0 Å². The minimum absolute atomic E-state index is 0.642. The Balaban J connectivity index is 0.000000240. The molecular formula is C24H42. The third-order valence-corrected chi connectivity index (χ3v) is 5.83. The van der Waals surface area contributed by atoms with Crippen molar-refractivity contribution in [3.63, 3.8) is 0 Å². The molecule has 0 saturated heterocycles. The maximum absolute atomic E-state index is 2.39. The smallest absolute Gasteiger partial charge is 0.0216 e. The summed E-state index contributed by atoms with van der Waals surface area (Å²) >= 11 is 0. The summed E-state index contributed by atoms with van der Waals surface area (Å²) in [4.78, 5) is 0. The average molecular weight is 331 g/mol. The molecule has 0 bridgehead atoms. The van der Waals surface area contributed by atoms with Gasteiger partial charge in [-0.05, 0) is 59.5 Å². The van der Waals surface area contributed by atoms with Gasteiger partial charge in [-0.1, -0.05) is 92.5 Å². The summed E-state index contributed by atoms with van der Waals surface area (Å²) in [5.41, 5.74) is 2.99. The number of rotatable bonds is 4. The van der Waals surface area contributed by atoms with Gasteiger partial charge in [0.05, 0.1) is 0 Å². The van der Waals surface area contributed by atoms with Gasteiger partial charge in [-0.25, -0.2) is 0 Å². The van der Waals surface area contributed by atoms with Gasteiger partial charge in [0.2, 0.25) is 0 Å². The maximum atomic E-state index is 2.39. The summed E-state index contributed by atoms with van der Waals surface area (Å²) in [6.07, 6.45) is 5.93. The Hall–Kier alpha value is -0.780. The van der Waals surface area contributed by atoms with Gasteiger partial charge >= 0.3 is 0 Å².